The number of rotatable bonds is 6. The molecule has 0 aliphatic carbocycles. The summed E-state index contributed by atoms with van der Waals surface area (Å²) in [5.41, 5.74) is 4.85. The Labute approximate surface area is 96.0 Å². The van der Waals surface area contributed by atoms with Gasteiger partial charge in [-0.2, -0.15) is 0 Å². The van der Waals surface area contributed by atoms with Crippen LogP contribution in [0.25, 0.3) is 0 Å². The van der Waals surface area contributed by atoms with Crippen molar-refractivity contribution in [3.8, 4) is 0 Å². The summed E-state index contributed by atoms with van der Waals surface area (Å²) in [5, 5.41) is 11.3. The molecule has 0 aliphatic rings. The summed E-state index contributed by atoms with van der Waals surface area (Å²) in [5.74, 6) is -0.0635. The zero-order valence-corrected chi connectivity index (χ0v) is 10.4. The summed E-state index contributed by atoms with van der Waals surface area (Å²) < 4.78 is 5.18. The van der Waals surface area contributed by atoms with Gasteiger partial charge >= 0.3 is 0 Å². The van der Waals surface area contributed by atoms with Gasteiger partial charge in [0.15, 0.2) is 5.84 Å². The average molecular weight is 231 g/mol. The van der Waals surface area contributed by atoms with Gasteiger partial charge in [0.05, 0.1) is 18.6 Å². The molecule has 16 heavy (non-hydrogen) atoms. The molecule has 0 aromatic rings. The largest absolute Gasteiger partial charge is 0.409 e. The molecule has 0 aromatic carbocycles. The maximum Gasteiger partial charge on any atom is 0.225 e. The van der Waals surface area contributed by atoms with Crippen LogP contribution < -0.4 is 5.73 Å². The third kappa shape index (κ3) is 4.97. The van der Waals surface area contributed by atoms with Crippen molar-refractivity contribution >= 4 is 11.7 Å². The Bertz CT molecular complexity index is 264. The van der Waals surface area contributed by atoms with E-state index in [1.165, 1.54) is 4.90 Å². The summed E-state index contributed by atoms with van der Waals surface area (Å²) >= 11 is 0. The first-order valence-corrected chi connectivity index (χ1v) is 5.15. The standard InChI is InChI=1S/C10H21N3O3/c1-5-13(7-8(11)12-15)9(14)6-10(2,3)16-4/h15H,5-7H2,1-4H3,(H2,11,12). The predicted octanol–water partition coefficient (Wildman–Crippen LogP) is 0.396. The van der Waals surface area contributed by atoms with E-state index in [0.29, 0.717) is 6.54 Å². The molecule has 0 atom stereocenters. The minimum Gasteiger partial charge on any atom is -0.409 e. The van der Waals surface area contributed by atoms with Crippen LogP contribution in [0, 0.1) is 0 Å². The fourth-order valence-corrected chi connectivity index (χ4v) is 1.15. The molecule has 94 valence electrons. The number of hydrogen-bond acceptors (Lipinski definition) is 4. The van der Waals surface area contributed by atoms with Gasteiger partial charge in [-0.05, 0) is 20.8 Å². The zero-order valence-electron chi connectivity index (χ0n) is 10.4. The quantitative estimate of drug-likeness (QED) is 0.300. The van der Waals surface area contributed by atoms with Crippen LogP contribution in [0.3, 0.4) is 0 Å². The molecule has 0 saturated heterocycles. The second-order valence-corrected chi connectivity index (χ2v) is 4.14. The van der Waals surface area contributed by atoms with Crippen LogP contribution in [0.15, 0.2) is 5.16 Å². The second-order valence-electron chi connectivity index (χ2n) is 4.14. The van der Waals surface area contributed by atoms with Crippen molar-refractivity contribution in [2.24, 2.45) is 10.9 Å². The summed E-state index contributed by atoms with van der Waals surface area (Å²) in [6.45, 7) is 6.15. The van der Waals surface area contributed by atoms with Crippen LogP contribution >= 0.6 is 0 Å². The fourth-order valence-electron chi connectivity index (χ4n) is 1.15. The molecule has 0 radical (unpaired) electrons. The van der Waals surface area contributed by atoms with Gasteiger partial charge < -0.3 is 20.6 Å². The predicted molar refractivity (Wildman–Crippen MR) is 61.4 cm³/mol. The summed E-state index contributed by atoms with van der Waals surface area (Å²) in [4.78, 5) is 13.4. The first-order chi connectivity index (χ1) is 7.36. The lowest BCUT2D eigenvalue weighted by Gasteiger charge is -2.27. The monoisotopic (exact) mass is 231 g/mol. The van der Waals surface area contributed by atoms with Crippen molar-refractivity contribution in [1.82, 2.24) is 4.90 Å². The molecule has 0 unspecified atom stereocenters. The number of ether oxygens (including phenoxy) is 1. The third-order valence-corrected chi connectivity index (χ3v) is 2.35. The Hall–Kier alpha value is -1.30. The molecular weight excluding hydrogens is 210 g/mol. The van der Waals surface area contributed by atoms with E-state index in [1.807, 2.05) is 20.8 Å². The van der Waals surface area contributed by atoms with Gasteiger partial charge in [0.2, 0.25) is 5.91 Å². The molecule has 0 aromatic heterocycles. The molecule has 1 amide bonds. The molecule has 0 fully saturated rings. The number of likely N-dealkylation sites (N-methyl/N-ethyl adjacent to an activating group) is 1. The fraction of sp³-hybridized carbons (Fsp3) is 0.800. The molecule has 0 aliphatic heterocycles. The van der Waals surface area contributed by atoms with E-state index in [-0.39, 0.29) is 24.7 Å². The number of oxime groups is 1. The van der Waals surface area contributed by atoms with E-state index in [2.05, 4.69) is 5.16 Å². The minimum atomic E-state index is -0.504. The second kappa shape index (κ2) is 6.32. The molecular formula is C10H21N3O3. The number of amidine groups is 1. The maximum absolute atomic E-state index is 11.9. The Kier molecular flexibility index (Phi) is 5.81. The molecule has 0 spiro atoms. The summed E-state index contributed by atoms with van der Waals surface area (Å²) in [6.07, 6.45) is 0.260. The molecule has 6 nitrogen and oxygen atoms in total. The highest BCUT2D eigenvalue weighted by molar-refractivity contribution is 5.87. The number of carbonyl (C=O) groups excluding carboxylic acids is 1. The van der Waals surface area contributed by atoms with Crippen molar-refractivity contribution in [3.05, 3.63) is 0 Å². The minimum absolute atomic E-state index is 0.0189. The van der Waals surface area contributed by atoms with Gasteiger partial charge in [-0.3, -0.25) is 4.79 Å². The number of nitrogens with two attached hydrogens (primary N) is 1. The summed E-state index contributed by atoms with van der Waals surface area (Å²) in [7, 11) is 1.56. The maximum atomic E-state index is 11.9. The summed E-state index contributed by atoms with van der Waals surface area (Å²) in [6, 6.07) is 0. The van der Waals surface area contributed by atoms with Gasteiger partial charge in [-0.15, -0.1) is 0 Å². The highest BCUT2D eigenvalue weighted by Gasteiger charge is 2.24. The zero-order chi connectivity index (χ0) is 12.8. The van der Waals surface area contributed by atoms with Gasteiger partial charge in [-0.1, -0.05) is 5.16 Å². The van der Waals surface area contributed by atoms with E-state index in [1.54, 1.807) is 7.11 Å². The molecule has 0 rings (SSSR count). The number of carbonyl (C=O) groups is 1. The highest BCUT2D eigenvalue weighted by Crippen LogP contribution is 2.14. The van der Waals surface area contributed by atoms with Crippen LogP contribution in [0.2, 0.25) is 0 Å². The van der Waals surface area contributed by atoms with Crippen LogP contribution in [0.5, 0.6) is 0 Å². The highest BCUT2D eigenvalue weighted by atomic mass is 16.5. The molecule has 0 bridgehead atoms. The van der Waals surface area contributed by atoms with Gasteiger partial charge in [-0.25, -0.2) is 0 Å². The van der Waals surface area contributed by atoms with Gasteiger partial charge in [0.25, 0.3) is 0 Å². The van der Waals surface area contributed by atoms with Crippen LogP contribution in [-0.2, 0) is 9.53 Å². The molecule has 6 heteroatoms. The topological polar surface area (TPSA) is 88.1 Å². The number of methoxy groups -OCH3 is 1. The first-order valence-electron chi connectivity index (χ1n) is 5.15. The van der Waals surface area contributed by atoms with Crippen molar-refractivity contribution < 1.29 is 14.7 Å². The average Bonchev–Trinajstić information content (AvgIpc) is 2.24. The van der Waals surface area contributed by atoms with Crippen molar-refractivity contribution in [1.29, 1.82) is 0 Å². The van der Waals surface area contributed by atoms with E-state index < -0.39 is 5.60 Å². The SMILES string of the molecule is CCN(CC(N)=NO)C(=O)CC(C)(C)OC. The van der Waals surface area contributed by atoms with E-state index in [4.69, 9.17) is 15.7 Å². The Morgan fingerprint density at radius 3 is 2.50 bits per heavy atom. The van der Waals surface area contributed by atoms with Crippen molar-refractivity contribution in [2.75, 3.05) is 20.2 Å². The lowest BCUT2D eigenvalue weighted by atomic mass is 10.0. The Balaban J connectivity index is 4.43. The van der Waals surface area contributed by atoms with Crippen molar-refractivity contribution in [3.63, 3.8) is 0 Å². The molecule has 0 heterocycles. The van der Waals surface area contributed by atoms with E-state index in [9.17, 15) is 4.79 Å². The van der Waals surface area contributed by atoms with Crippen LogP contribution in [0.4, 0.5) is 0 Å². The smallest absolute Gasteiger partial charge is 0.225 e. The van der Waals surface area contributed by atoms with Gasteiger partial charge in [0, 0.05) is 13.7 Å². The Morgan fingerprint density at radius 2 is 2.12 bits per heavy atom. The molecule has 3 N–H and O–H groups in total. The molecule has 0 saturated carbocycles. The number of amides is 1. The normalized spacial score (nSPS) is 12.6. The third-order valence-electron chi connectivity index (χ3n) is 2.35. The van der Waals surface area contributed by atoms with E-state index in [0.717, 1.165) is 0 Å². The first kappa shape index (κ1) is 14.7. The lowest BCUT2D eigenvalue weighted by Crippen LogP contribution is -2.41. The van der Waals surface area contributed by atoms with Crippen molar-refractivity contribution in [2.45, 2.75) is 32.8 Å². The van der Waals surface area contributed by atoms with E-state index >= 15 is 0 Å². The lowest BCUT2D eigenvalue weighted by molar-refractivity contribution is -0.135. The Morgan fingerprint density at radius 1 is 1.56 bits per heavy atom. The van der Waals surface area contributed by atoms with Crippen LogP contribution in [-0.4, -0.2) is 47.7 Å². The van der Waals surface area contributed by atoms with Gasteiger partial charge in [0.1, 0.15) is 0 Å². The number of hydrogen-bond donors (Lipinski definition) is 2. The number of nitrogens with zero attached hydrogens (tertiary/aromatic N) is 2. The van der Waals surface area contributed by atoms with Crippen LogP contribution in [0.1, 0.15) is 27.2 Å².